The Morgan fingerprint density at radius 3 is 2.48 bits per heavy atom. The molecule has 0 bridgehead atoms. The zero-order valence-corrected chi connectivity index (χ0v) is 12.2. The molecule has 4 heteroatoms. The van der Waals surface area contributed by atoms with Crippen molar-refractivity contribution in [3.05, 3.63) is 70.0 Å². The van der Waals surface area contributed by atoms with E-state index in [1.165, 1.54) is 12.1 Å². The van der Waals surface area contributed by atoms with Gasteiger partial charge in [0.25, 0.3) is 0 Å². The zero-order chi connectivity index (χ0) is 15.4. The van der Waals surface area contributed by atoms with E-state index in [0.29, 0.717) is 11.1 Å². The monoisotopic (exact) mass is 301 g/mol. The summed E-state index contributed by atoms with van der Waals surface area (Å²) in [6.45, 7) is 2.02. The van der Waals surface area contributed by atoms with Gasteiger partial charge in [-0.3, -0.25) is 4.79 Å². The molecule has 0 aromatic heterocycles. The van der Waals surface area contributed by atoms with Gasteiger partial charge < -0.3 is 0 Å². The van der Waals surface area contributed by atoms with Crippen LogP contribution in [0.2, 0.25) is 5.02 Å². The van der Waals surface area contributed by atoms with Gasteiger partial charge in [-0.25, -0.2) is 4.39 Å². The standard InChI is InChI=1S/C17H13ClFNO/c1-2-11-3-5-12(6-4-11)17(21)15(10-20)14-8-7-13(19)9-16(14)18/h3-9,15H,2H2,1H3. The quantitative estimate of drug-likeness (QED) is 0.778. The number of carbonyl (C=O) groups is 1. The van der Waals surface area contributed by atoms with Crippen LogP contribution in [0.25, 0.3) is 0 Å². The number of carbonyl (C=O) groups excluding carboxylic acids is 1. The van der Waals surface area contributed by atoms with Crippen molar-refractivity contribution in [1.82, 2.24) is 0 Å². The van der Waals surface area contributed by atoms with Gasteiger partial charge in [0, 0.05) is 10.6 Å². The molecule has 0 aliphatic carbocycles. The highest BCUT2D eigenvalue weighted by molar-refractivity contribution is 6.31. The van der Waals surface area contributed by atoms with E-state index in [1.54, 1.807) is 12.1 Å². The van der Waals surface area contributed by atoms with Gasteiger partial charge in [-0.05, 0) is 29.7 Å². The summed E-state index contributed by atoms with van der Waals surface area (Å²) in [5.74, 6) is -1.88. The molecule has 1 unspecified atom stereocenters. The highest BCUT2D eigenvalue weighted by atomic mass is 35.5. The summed E-state index contributed by atoms with van der Waals surface area (Å²) in [5.41, 5.74) is 1.88. The maximum atomic E-state index is 13.1. The number of halogens is 2. The molecule has 0 N–H and O–H groups in total. The fourth-order valence-electron chi connectivity index (χ4n) is 2.08. The van der Waals surface area contributed by atoms with Crippen LogP contribution in [0.1, 0.15) is 34.3 Å². The molecule has 21 heavy (non-hydrogen) atoms. The van der Waals surface area contributed by atoms with Crippen molar-refractivity contribution in [2.75, 3.05) is 0 Å². The van der Waals surface area contributed by atoms with Crippen LogP contribution < -0.4 is 0 Å². The van der Waals surface area contributed by atoms with E-state index < -0.39 is 11.7 Å². The lowest BCUT2D eigenvalue weighted by Crippen LogP contribution is -2.12. The van der Waals surface area contributed by atoms with Gasteiger partial charge >= 0.3 is 0 Å². The SMILES string of the molecule is CCc1ccc(C(=O)C(C#N)c2ccc(F)cc2Cl)cc1. The van der Waals surface area contributed by atoms with Crippen LogP contribution in [-0.4, -0.2) is 5.78 Å². The first-order valence-electron chi connectivity index (χ1n) is 6.54. The van der Waals surface area contributed by atoms with Crippen LogP contribution in [0.5, 0.6) is 0 Å². The lowest BCUT2D eigenvalue weighted by Gasteiger charge is -2.11. The van der Waals surface area contributed by atoms with E-state index in [0.717, 1.165) is 18.1 Å². The second-order valence-corrected chi connectivity index (χ2v) is 5.05. The van der Waals surface area contributed by atoms with Gasteiger partial charge in [0.15, 0.2) is 5.78 Å². The number of nitriles is 1. The summed E-state index contributed by atoms with van der Waals surface area (Å²) in [5, 5.41) is 9.37. The summed E-state index contributed by atoms with van der Waals surface area (Å²) >= 11 is 5.94. The maximum Gasteiger partial charge on any atom is 0.184 e. The van der Waals surface area contributed by atoms with E-state index in [9.17, 15) is 14.4 Å². The molecule has 0 spiro atoms. The Hall–Kier alpha value is -2.18. The lowest BCUT2D eigenvalue weighted by molar-refractivity contribution is 0.0979. The number of Topliss-reactive ketones (excluding diaryl/α,β-unsaturated/α-hetero) is 1. The van der Waals surface area contributed by atoms with Crippen molar-refractivity contribution in [1.29, 1.82) is 5.26 Å². The molecule has 2 aromatic carbocycles. The molecule has 0 fully saturated rings. The van der Waals surface area contributed by atoms with Crippen LogP contribution in [0.15, 0.2) is 42.5 Å². The summed E-state index contributed by atoms with van der Waals surface area (Å²) < 4.78 is 13.1. The fraction of sp³-hybridized carbons (Fsp3) is 0.176. The highest BCUT2D eigenvalue weighted by Crippen LogP contribution is 2.28. The molecule has 106 valence electrons. The van der Waals surface area contributed by atoms with Crippen LogP contribution >= 0.6 is 11.6 Å². The molecule has 2 aromatic rings. The minimum Gasteiger partial charge on any atom is -0.292 e. The first-order chi connectivity index (χ1) is 10.1. The van der Waals surface area contributed by atoms with Gasteiger partial charge in [-0.15, -0.1) is 0 Å². The van der Waals surface area contributed by atoms with Crippen LogP contribution in [0.3, 0.4) is 0 Å². The van der Waals surface area contributed by atoms with Crippen molar-refractivity contribution in [2.24, 2.45) is 0 Å². The van der Waals surface area contributed by atoms with E-state index in [1.807, 2.05) is 25.1 Å². The van der Waals surface area contributed by atoms with Gasteiger partial charge in [-0.1, -0.05) is 48.9 Å². The highest BCUT2D eigenvalue weighted by Gasteiger charge is 2.24. The maximum absolute atomic E-state index is 13.1. The normalized spacial score (nSPS) is 11.7. The van der Waals surface area contributed by atoms with Crippen molar-refractivity contribution in [3.8, 4) is 6.07 Å². The first-order valence-corrected chi connectivity index (χ1v) is 6.92. The van der Waals surface area contributed by atoms with E-state index in [-0.39, 0.29) is 10.8 Å². The average Bonchev–Trinajstić information content (AvgIpc) is 2.50. The lowest BCUT2D eigenvalue weighted by atomic mass is 9.91. The van der Waals surface area contributed by atoms with Crippen molar-refractivity contribution < 1.29 is 9.18 Å². The molecule has 0 saturated carbocycles. The van der Waals surface area contributed by atoms with E-state index in [2.05, 4.69) is 0 Å². The second kappa shape index (κ2) is 6.51. The Labute approximate surface area is 127 Å². The summed E-state index contributed by atoms with van der Waals surface area (Å²) in [6, 6.07) is 12.7. The predicted octanol–water partition coefficient (Wildman–Crippen LogP) is 4.53. The molecule has 0 radical (unpaired) electrons. The average molecular weight is 302 g/mol. The molecule has 1 atom stereocenters. The van der Waals surface area contributed by atoms with Gasteiger partial charge in [0.1, 0.15) is 11.7 Å². The Morgan fingerprint density at radius 2 is 1.95 bits per heavy atom. The predicted molar refractivity (Wildman–Crippen MR) is 79.9 cm³/mol. The first kappa shape index (κ1) is 15.2. The van der Waals surface area contributed by atoms with Crippen molar-refractivity contribution in [3.63, 3.8) is 0 Å². The molecule has 0 amide bonds. The number of nitrogens with zero attached hydrogens (tertiary/aromatic N) is 1. The number of rotatable bonds is 4. The third kappa shape index (κ3) is 3.29. The molecule has 0 heterocycles. The molecule has 0 aliphatic heterocycles. The summed E-state index contributed by atoms with van der Waals surface area (Å²) in [7, 11) is 0. The Bertz CT molecular complexity index is 704. The van der Waals surface area contributed by atoms with Crippen LogP contribution in [0, 0.1) is 17.1 Å². The molecule has 0 aliphatic rings. The zero-order valence-electron chi connectivity index (χ0n) is 11.4. The summed E-state index contributed by atoms with van der Waals surface area (Å²) in [6.07, 6.45) is 0.875. The Kier molecular flexibility index (Phi) is 4.72. The Morgan fingerprint density at radius 1 is 1.29 bits per heavy atom. The minimum absolute atomic E-state index is 0.0834. The third-order valence-electron chi connectivity index (χ3n) is 3.31. The largest absolute Gasteiger partial charge is 0.292 e. The molecular weight excluding hydrogens is 289 g/mol. The van der Waals surface area contributed by atoms with Gasteiger partial charge in [0.2, 0.25) is 0 Å². The van der Waals surface area contributed by atoms with E-state index >= 15 is 0 Å². The van der Waals surface area contributed by atoms with Crippen molar-refractivity contribution in [2.45, 2.75) is 19.3 Å². The number of benzene rings is 2. The fourth-order valence-corrected chi connectivity index (χ4v) is 2.35. The number of hydrogen-bond donors (Lipinski definition) is 0. The minimum atomic E-state index is -1.04. The third-order valence-corrected chi connectivity index (χ3v) is 3.64. The van der Waals surface area contributed by atoms with Gasteiger partial charge in [0.05, 0.1) is 6.07 Å². The molecule has 2 nitrogen and oxygen atoms in total. The van der Waals surface area contributed by atoms with Crippen molar-refractivity contribution >= 4 is 17.4 Å². The Balaban J connectivity index is 2.36. The summed E-state index contributed by atoms with van der Waals surface area (Å²) in [4.78, 5) is 12.4. The topological polar surface area (TPSA) is 40.9 Å². The second-order valence-electron chi connectivity index (χ2n) is 4.64. The van der Waals surface area contributed by atoms with Gasteiger partial charge in [-0.2, -0.15) is 5.26 Å². The van der Waals surface area contributed by atoms with Crippen LogP contribution in [0.4, 0.5) is 4.39 Å². The number of hydrogen-bond acceptors (Lipinski definition) is 2. The molecular formula is C17H13ClFNO. The van der Waals surface area contributed by atoms with E-state index in [4.69, 9.17) is 11.6 Å². The molecule has 2 rings (SSSR count). The number of ketones is 1. The van der Waals surface area contributed by atoms with Crippen LogP contribution in [-0.2, 0) is 6.42 Å². The number of aryl methyl sites for hydroxylation is 1. The molecule has 0 saturated heterocycles. The smallest absolute Gasteiger partial charge is 0.184 e.